The second-order valence-electron chi connectivity index (χ2n) is 6.19. The van der Waals surface area contributed by atoms with Crippen LogP contribution in [0.3, 0.4) is 0 Å². The van der Waals surface area contributed by atoms with Gasteiger partial charge in [0.15, 0.2) is 0 Å². The molecule has 0 saturated heterocycles. The van der Waals surface area contributed by atoms with E-state index in [1.54, 1.807) is 0 Å². The Morgan fingerprint density at radius 2 is 1.24 bits per heavy atom. The van der Waals surface area contributed by atoms with Gasteiger partial charge in [0.1, 0.15) is 0 Å². The van der Waals surface area contributed by atoms with E-state index in [1.807, 2.05) is 0 Å². The van der Waals surface area contributed by atoms with Crippen LogP contribution in [0.2, 0.25) is 0 Å². The standard InChI is InChI=1S/C24H21N/c1-2-19-15-17-22(18-16-19)25(21-11-4-3-5-12-21)24-14-8-10-20-9-6-7-13-23(20)24/h3-18H,2H2,1H3. The first-order valence-corrected chi connectivity index (χ1v) is 8.78. The minimum Gasteiger partial charge on any atom is -0.310 e. The zero-order valence-corrected chi connectivity index (χ0v) is 14.4. The van der Waals surface area contributed by atoms with Crippen molar-refractivity contribution in [2.45, 2.75) is 13.3 Å². The van der Waals surface area contributed by atoms with Crippen molar-refractivity contribution < 1.29 is 0 Å². The van der Waals surface area contributed by atoms with Crippen LogP contribution < -0.4 is 4.90 Å². The first-order chi connectivity index (χ1) is 12.4. The third-order valence-electron chi connectivity index (χ3n) is 4.62. The molecule has 0 amide bonds. The highest BCUT2D eigenvalue weighted by Crippen LogP contribution is 2.38. The van der Waals surface area contributed by atoms with Crippen molar-refractivity contribution in [3.8, 4) is 0 Å². The number of para-hydroxylation sites is 1. The Hall–Kier alpha value is -3.06. The Kier molecular flexibility index (Phi) is 4.22. The first kappa shape index (κ1) is 15.5. The highest BCUT2D eigenvalue weighted by atomic mass is 15.1. The van der Waals surface area contributed by atoms with Crippen LogP contribution >= 0.6 is 0 Å². The van der Waals surface area contributed by atoms with Crippen LogP contribution in [-0.4, -0.2) is 0 Å². The third-order valence-corrected chi connectivity index (χ3v) is 4.62. The smallest absolute Gasteiger partial charge is 0.0540 e. The summed E-state index contributed by atoms with van der Waals surface area (Å²) in [4.78, 5) is 2.34. The quantitative estimate of drug-likeness (QED) is 0.396. The normalized spacial score (nSPS) is 10.8. The fourth-order valence-electron chi connectivity index (χ4n) is 3.29. The SMILES string of the molecule is CCc1ccc(N(c2ccccc2)c2cccc3ccccc23)cc1. The van der Waals surface area contributed by atoms with Crippen molar-refractivity contribution in [2.24, 2.45) is 0 Å². The molecule has 4 aromatic carbocycles. The van der Waals surface area contributed by atoms with Gasteiger partial charge in [-0.3, -0.25) is 0 Å². The molecule has 0 atom stereocenters. The van der Waals surface area contributed by atoms with Crippen LogP contribution in [0.5, 0.6) is 0 Å². The molecule has 0 aromatic heterocycles. The molecule has 0 fully saturated rings. The minimum absolute atomic E-state index is 1.06. The van der Waals surface area contributed by atoms with Crippen molar-refractivity contribution >= 4 is 27.8 Å². The van der Waals surface area contributed by atoms with Gasteiger partial charge in [0, 0.05) is 16.8 Å². The summed E-state index contributed by atoms with van der Waals surface area (Å²) in [7, 11) is 0. The van der Waals surface area contributed by atoms with Gasteiger partial charge in [-0.2, -0.15) is 0 Å². The summed E-state index contributed by atoms with van der Waals surface area (Å²) in [5.41, 5.74) is 4.91. The van der Waals surface area contributed by atoms with E-state index in [9.17, 15) is 0 Å². The third kappa shape index (κ3) is 3.01. The predicted octanol–water partition coefficient (Wildman–Crippen LogP) is 6.87. The highest BCUT2D eigenvalue weighted by molar-refractivity contribution is 5.98. The molecule has 0 aliphatic carbocycles. The lowest BCUT2D eigenvalue weighted by Gasteiger charge is -2.27. The van der Waals surface area contributed by atoms with Gasteiger partial charge in [0.05, 0.1) is 5.69 Å². The second kappa shape index (κ2) is 6.82. The number of rotatable bonds is 4. The van der Waals surface area contributed by atoms with E-state index >= 15 is 0 Å². The molecule has 0 N–H and O–H groups in total. The maximum atomic E-state index is 2.34. The van der Waals surface area contributed by atoms with Crippen LogP contribution in [-0.2, 0) is 6.42 Å². The van der Waals surface area contributed by atoms with Gasteiger partial charge in [-0.1, -0.05) is 73.7 Å². The number of anilines is 3. The fraction of sp³-hybridized carbons (Fsp3) is 0.0833. The molecule has 122 valence electrons. The molecule has 1 heteroatoms. The summed E-state index contributed by atoms with van der Waals surface area (Å²) in [6.45, 7) is 2.19. The Labute approximate surface area is 149 Å². The Morgan fingerprint density at radius 1 is 0.600 bits per heavy atom. The molecule has 25 heavy (non-hydrogen) atoms. The Morgan fingerprint density at radius 3 is 2.00 bits per heavy atom. The highest BCUT2D eigenvalue weighted by Gasteiger charge is 2.14. The van der Waals surface area contributed by atoms with Crippen LogP contribution in [0.15, 0.2) is 97.1 Å². The second-order valence-corrected chi connectivity index (χ2v) is 6.19. The van der Waals surface area contributed by atoms with E-state index in [0.29, 0.717) is 0 Å². The summed E-state index contributed by atoms with van der Waals surface area (Å²) in [6.07, 6.45) is 1.06. The molecule has 4 rings (SSSR count). The Balaban J connectivity index is 1.93. The van der Waals surface area contributed by atoms with Gasteiger partial charge in [-0.25, -0.2) is 0 Å². The van der Waals surface area contributed by atoms with Gasteiger partial charge in [0.2, 0.25) is 0 Å². The van der Waals surface area contributed by atoms with Crippen LogP contribution in [0.1, 0.15) is 12.5 Å². The van der Waals surface area contributed by atoms with Gasteiger partial charge < -0.3 is 4.90 Å². The van der Waals surface area contributed by atoms with Crippen molar-refractivity contribution in [3.63, 3.8) is 0 Å². The van der Waals surface area contributed by atoms with Gasteiger partial charge in [-0.15, -0.1) is 0 Å². The van der Waals surface area contributed by atoms with Crippen molar-refractivity contribution in [3.05, 3.63) is 103 Å². The topological polar surface area (TPSA) is 3.24 Å². The molecule has 0 saturated carbocycles. The van der Waals surface area contributed by atoms with E-state index in [0.717, 1.165) is 6.42 Å². The van der Waals surface area contributed by atoms with E-state index in [4.69, 9.17) is 0 Å². The molecule has 4 aromatic rings. The summed E-state index contributed by atoms with van der Waals surface area (Å²) < 4.78 is 0. The van der Waals surface area contributed by atoms with Crippen LogP contribution in [0.25, 0.3) is 10.8 Å². The minimum atomic E-state index is 1.06. The molecule has 0 heterocycles. The van der Waals surface area contributed by atoms with E-state index in [1.165, 1.54) is 33.4 Å². The predicted molar refractivity (Wildman–Crippen MR) is 108 cm³/mol. The first-order valence-electron chi connectivity index (χ1n) is 8.78. The Bertz CT molecular complexity index is 966. The van der Waals surface area contributed by atoms with Gasteiger partial charge in [-0.05, 0) is 47.7 Å². The van der Waals surface area contributed by atoms with Crippen LogP contribution in [0, 0.1) is 0 Å². The van der Waals surface area contributed by atoms with E-state index in [-0.39, 0.29) is 0 Å². The molecule has 1 nitrogen and oxygen atoms in total. The molecular weight excluding hydrogens is 302 g/mol. The average Bonchev–Trinajstić information content (AvgIpc) is 2.70. The average molecular weight is 323 g/mol. The zero-order chi connectivity index (χ0) is 17.1. The monoisotopic (exact) mass is 323 g/mol. The van der Waals surface area contributed by atoms with Crippen LogP contribution in [0.4, 0.5) is 17.1 Å². The summed E-state index contributed by atoms with van der Waals surface area (Å²) in [6, 6.07) is 34.5. The number of fused-ring (bicyclic) bond motifs is 1. The summed E-state index contributed by atoms with van der Waals surface area (Å²) >= 11 is 0. The molecule has 0 aliphatic rings. The van der Waals surface area contributed by atoms with Crippen molar-refractivity contribution in [1.82, 2.24) is 0 Å². The van der Waals surface area contributed by atoms with Gasteiger partial charge in [0.25, 0.3) is 0 Å². The zero-order valence-electron chi connectivity index (χ0n) is 14.4. The molecule has 0 bridgehead atoms. The largest absolute Gasteiger partial charge is 0.310 e. The number of aryl methyl sites for hydroxylation is 1. The lowest BCUT2D eigenvalue weighted by atomic mass is 10.1. The lowest BCUT2D eigenvalue weighted by Crippen LogP contribution is -2.10. The lowest BCUT2D eigenvalue weighted by molar-refractivity contribution is 1.14. The maximum absolute atomic E-state index is 2.34. The molecule has 0 unspecified atom stereocenters. The summed E-state index contributed by atoms with van der Waals surface area (Å²) in [5.74, 6) is 0. The number of benzene rings is 4. The van der Waals surface area contributed by atoms with Gasteiger partial charge >= 0.3 is 0 Å². The van der Waals surface area contributed by atoms with E-state index < -0.39 is 0 Å². The maximum Gasteiger partial charge on any atom is 0.0540 e. The fourth-order valence-corrected chi connectivity index (χ4v) is 3.29. The molecule has 0 radical (unpaired) electrons. The molecular formula is C24H21N. The molecule has 0 aliphatic heterocycles. The van der Waals surface area contributed by atoms with Crippen molar-refractivity contribution in [2.75, 3.05) is 4.90 Å². The van der Waals surface area contributed by atoms with E-state index in [2.05, 4.69) is 109 Å². The molecule has 0 spiro atoms. The number of hydrogen-bond donors (Lipinski definition) is 0. The van der Waals surface area contributed by atoms with Crippen molar-refractivity contribution in [1.29, 1.82) is 0 Å². The summed E-state index contributed by atoms with van der Waals surface area (Å²) in [5, 5.41) is 2.51. The number of hydrogen-bond acceptors (Lipinski definition) is 1. The number of nitrogens with zero attached hydrogens (tertiary/aromatic N) is 1.